The Hall–Kier alpha value is -2.70. The zero-order valence-electron chi connectivity index (χ0n) is 24.0. The smallest absolute Gasteiger partial charge is 0.320 e. The molecule has 0 unspecified atom stereocenters. The number of nitrogens with zero attached hydrogens (tertiary/aromatic N) is 2. The van der Waals surface area contributed by atoms with Gasteiger partial charge in [-0.2, -0.15) is 0 Å². The Kier molecular flexibility index (Phi) is 15.4. The maximum Gasteiger partial charge on any atom is 0.320 e. The Balaban J connectivity index is 1.81. The molecule has 2 rings (SSSR count). The van der Waals surface area contributed by atoms with Gasteiger partial charge in [0.1, 0.15) is 13.2 Å². The molecule has 0 saturated carbocycles. The van der Waals surface area contributed by atoms with Gasteiger partial charge in [-0.3, -0.25) is 19.4 Å². The van der Waals surface area contributed by atoms with Crippen LogP contribution in [0.4, 0.5) is 0 Å². The Bertz CT molecular complexity index is 884. The predicted molar refractivity (Wildman–Crippen MR) is 155 cm³/mol. The van der Waals surface area contributed by atoms with Crippen LogP contribution in [0.1, 0.15) is 76.3 Å². The van der Waals surface area contributed by atoms with Gasteiger partial charge in [0.15, 0.2) is 0 Å². The highest BCUT2D eigenvalue weighted by Gasteiger charge is 2.10. The number of carbonyl (C=O) groups is 2. The van der Waals surface area contributed by atoms with Crippen LogP contribution in [0.15, 0.2) is 48.5 Å². The van der Waals surface area contributed by atoms with E-state index in [1.54, 1.807) is 0 Å². The highest BCUT2D eigenvalue weighted by molar-refractivity contribution is 5.72. The summed E-state index contributed by atoms with van der Waals surface area (Å²) in [7, 11) is 3.93. The lowest BCUT2D eigenvalue weighted by Gasteiger charge is -2.16. The third-order valence-electron chi connectivity index (χ3n) is 6.57. The fraction of sp³-hybridized carbons (Fsp3) is 0.562. The van der Waals surface area contributed by atoms with Gasteiger partial charge in [-0.15, -0.1) is 0 Å². The van der Waals surface area contributed by atoms with E-state index in [1.807, 2.05) is 72.4 Å². The number of ether oxygens (including phenoxy) is 2. The fourth-order valence-corrected chi connectivity index (χ4v) is 4.32. The molecule has 0 radical (unpaired) electrons. The molecule has 0 spiro atoms. The average molecular weight is 525 g/mol. The van der Waals surface area contributed by atoms with Crippen molar-refractivity contribution in [3.8, 4) is 11.1 Å². The SMILES string of the molecule is CCCCCCN(C)CC(=O)OCc1cccc(-c2cccc(COC(=O)CN(C)CCCCCC)c2)c1. The van der Waals surface area contributed by atoms with Crippen LogP contribution in [0, 0.1) is 0 Å². The summed E-state index contributed by atoms with van der Waals surface area (Å²) < 4.78 is 11.1. The molecule has 0 fully saturated rings. The van der Waals surface area contributed by atoms with Crippen molar-refractivity contribution in [1.29, 1.82) is 0 Å². The molecule has 2 aromatic rings. The minimum absolute atomic E-state index is 0.205. The molecule has 0 N–H and O–H groups in total. The summed E-state index contributed by atoms with van der Waals surface area (Å²) in [5.41, 5.74) is 3.96. The Morgan fingerprint density at radius 2 is 1.05 bits per heavy atom. The third-order valence-corrected chi connectivity index (χ3v) is 6.57. The van der Waals surface area contributed by atoms with Crippen molar-refractivity contribution < 1.29 is 19.1 Å². The Labute approximate surface area is 230 Å². The summed E-state index contributed by atoms with van der Waals surface area (Å²) in [6.45, 7) is 7.32. The predicted octanol–water partition coefficient (Wildman–Crippen LogP) is 6.46. The largest absolute Gasteiger partial charge is 0.460 e. The van der Waals surface area contributed by atoms with E-state index in [2.05, 4.69) is 13.8 Å². The Morgan fingerprint density at radius 1 is 0.632 bits per heavy atom. The summed E-state index contributed by atoms with van der Waals surface area (Å²) >= 11 is 0. The molecule has 210 valence electrons. The number of esters is 2. The number of carbonyl (C=O) groups excluding carboxylic acids is 2. The molecular formula is C32H48N2O4. The van der Waals surface area contributed by atoms with Gasteiger partial charge in [0.2, 0.25) is 0 Å². The summed E-state index contributed by atoms with van der Waals surface area (Å²) in [4.78, 5) is 28.6. The minimum atomic E-state index is -0.205. The molecule has 0 aliphatic carbocycles. The zero-order chi connectivity index (χ0) is 27.6. The molecule has 6 nitrogen and oxygen atoms in total. The van der Waals surface area contributed by atoms with E-state index < -0.39 is 0 Å². The molecule has 6 heteroatoms. The number of hydrogen-bond acceptors (Lipinski definition) is 6. The maximum absolute atomic E-state index is 12.3. The molecule has 0 amide bonds. The highest BCUT2D eigenvalue weighted by Crippen LogP contribution is 2.22. The van der Waals surface area contributed by atoms with E-state index in [-0.39, 0.29) is 25.2 Å². The second-order valence-corrected chi connectivity index (χ2v) is 10.3. The highest BCUT2D eigenvalue weighted by atomic mass is 16.5. The summed E-state index contributed by atoms with van der Waals surface area (Å²) in [5.74, 6) is -0.410. The third kappa shape index (κ3) is 13.2. The van der Waals surface area contributed by atoms with E-state index in [9.17, 15) is 9.59 Å². The van der Waals surface area contributed by atoms with E-state index in [1.165, 1.54) is 38.5 Å². The molecule has 38 heavy (non-hydrogen) atoms. The lowest BCUT2D eigenvalue weighted by molar-refractivity contribution is -0.146. The number of benzene rings is 2. The molecule has 0 heterocycles. The van der Waals surface area contributed by atoms with Crippen LogP contribution in [-0.4, -0.2) is 62.0 Å². The van der Waals surface area contributed by atoms with Crippen LogP contribution in [0.25, 0.3) is 11.1 Å². The zero-order valence-corrected chi connectivity index (χ0v) is 24.0. The van der Waals surface area contributed by atoms with Gasteiger partial charge in [-0.25, -0.2) is 0 Å². The normalized spacial score (nSPS) is 11.2. The standard InChI is InChI=1S/C32H48N2O4/c1-5-7-9-11-19-33(3)23-31(35)37-25-27-15-13-17-29(21-27)30-18-14-16-28(22-30)26-38-32(36)24-34(4)20-12-10-8-6-2/h13-18,21-22H,5-12,19-20,23-26H2,1-4H3. The average Bonchev–Trinajstić information content (AvgIpc) is 2.91. The van der Waals surface area contributed by atoms with E-state index in [0.717, 1.165) is 48.2 Å². The fourth-order valence-electron chi connectivity index (χ4n) is 4.32. The molecule has 0 atom stereocenters. The first kappa shape index (κ1) is 31.5. The van der Waals surface area contributed by atoms with Gasteiger partial charge in [-0.05, 0) is 74.4 Å². The second-order valence-electron chi connectivity index (χ2n) is 10.3. The number of unbranched alkanes of at least 4 members (excludes halogenated alkanes) is 6. The molecule has 0 aromatic heterocycles. The molecule has 2 aromatic carbocycles. The monoisotopic (exact) mass is 524 g/mol. The quantitative estimate of drug-likeness (QED) is 0.155. The number of hydrogen-bond donors (Lipinski definition) is 0. The van der Waals surface area contributed by atoms with Crippen LogP contribution in [0.2, 0.25) is 0 Å². The van der Waals surface area contributed by atoms with Gasteiger partial charge >= 0.3 is 11.9 Å². The second kappa shape index (κ2) is 18.5. The van der Waals surface area contributed by atoms with Crippen molar-refractivity contribution in [3.63, 3.8) is 0 Å². The summed E-state index contributed by atoms with van der Waals surface area (Å²) in [5, 5.41) is 0. The van der Waals surface area contributed by atoms with Crippen molar-refractivity contribution in [3.05, 3.63) is 59.7 Å². The van der Waals surface area contributed by atoms with Crippen LogP contribution in [0.3, 0.4) is 0 Å². The van der Waals surface area contributed by atoms with Crippen LogP contribution < -0.4 is 0 Å². The molecule has 0 saturated heterocycles. The van der Waals surface area contributed by atoms with Gasteiger partial charge in [-0.1, -0.05) is 88.8 Å². The number of likely N-dealkylation sites (N-methyl/N-ethyl adjacent to an activating group) is 2. The van der Waals surface area contributed by atoms with Gasteiger partial charge in [0.25, 0.3) is 0 Å². The summed E-state index contributed by atoms with van der Waals surface area (Å²) in [6, 6.07) is 16.0. The minimum Gasteiger partial charge on any atom is -0.460 e. The van der Waals surface area contributed by atoms with E-state index >= 15 is 0 Å². The van der Waals surface area contributed by atoms with Crippen LogP contribution in [-0.2, 0) is 32.3 Å². The van der Waals surface area contributed by atoms with Crippen LogP contribution >= 0.6 is 0 Å². The first-order chi connectivity index (χ1) is 18.4. The van der Waals surface area contributed by atoms with E-state index in [0.29, 0.717) is 13.1 Å². The van der Waals surface area contributed by atoms with Crippen molar-refractivity contribution in [1.82, 2.24) is 9.80 Å². The first-order valence-electron chi connectivity index (χ1n) is 14.3. The van der Waals surface area contributed by atoms with Gasteiger partial charge in [0.05, 0.1) is 13.1 Å². The van der Waals surface area contributed by atoms with E-state index in [4.69, 9.17) is 9.47 Å². The number of rotatable bonds is 19. The van der Waals surface area contributed by atoms with Crippen LogP contribution in [0.5, 0.6) is 0 Å². The topological polar surface area (TPSA) is 59.1 Å². The van der Waals surface area contributed by atoms with Crippen molar-refractivity contribution in [2.75, 3.05) is 40.3 Å². The van der Waals surface area contributed by atoms with Crippen molar-refractivity contribution >= 4 is 11.9 Å². The molecule has 0 aliphatic heterocycles. The summed E-state index contributed by atoms with van der Waals surface area (Å²) in [6.07, 6.45) is 9.49. The molecular weight excluding hydrogens is 476 g/mol. The van der Waals surface area contributed by atoms with Crippen molar-refractivity contribution in [2.45, 2.75) is 78.4 Å². The molecule has 0 aliphatic rings. The lowest BCUT2D eigenvalue weighted by atomic mass is 10.0. The van der Waals surface area contributed by atoms with Crippen molar-refractivity contribution in [2.24, 2.45) is 0 Å². The first-order valence-corrected chi connectivity index (χ1v) is 14.3. The van der Waals surface area contributed by atoms with Gasteiger partial charge < -0.3 is 9.47 Å². The maximum atomic E-state index is 12.3. The Morgan fingerprint density at radius 3 is 1.45 bits per heavy atom. The van der Waals surface area contributed by atoms with Gasteiger partial charge in [0, 0.05) is 0 Å². The lowest BCUT2D eigenvalue weighted by Crippen LogP contribution is -2.28. The molecule has 0 bridgehead atoms.